The second-order valence-corrected chi connectivity index (χ2v) is 6.15. The molecule has 2 heterocycles. The van der Waals surface area contributed by atoms with Crippen LogP contribution in [-0.4, -0.2) is 17.6 Å². The molecule has 108 valence electrons. The molecule has 0 saturated carbocycles. The minimum atomic E-state index is -0.920. The summed E-state index contributed by atoms with van der Waals surface area (Å²) >= 11 is 1.83. The number of nitrogens with zero attached hydrogens (tertiary/aromatic N) is 1. The Bertz CT molecular complexity index is 690. The second kappa shape index (κ2) is 5.74. The summed E-state index contributed by atoms with van der Waals surface area (Å²) in [7, 11) is 0. The van der Waals surface area contributed by atoms with Crippen molar-refractivity contribution < 1.29 is 9.90 Å². The Morgan fingerprint density at radius 1 is 1.38 bits per heavy atom. The van der Waals surface area contributed by atoms with Gasteiger partial charge in [-0.2, -0.15) is 0 Å². The van der Waals surface area contributed by atoms with Crippen molar-refractivity contribution in [3.63, 3.8) is 0 Å². The Morgan fingerprint density at radius 3 is 3.00 bits per heavy atom. The lowest BCUT2D eigenvalue weighted by atomic mass is 9.99. The minimum absolute atomic E-state index is 0.319. The predicted molar refractivity (Wildman–Crippen MR) is 86.9 cm³/mol. The van der Waals surface area contributed by atoms with E-state index in [0.29, 0.717) is 6.04 Å². The van der Waals surface area contributed by atoms with E-state index in [1.54, 1.807) is 6.08 Å². The average molecular weight is 299 g/mol. The molecule has 1 aromatic heterocycles. The molecule has 3 rings (SSSR count). The van der Waals surface area contributed by atoms with Crippen LogP contribution in [0, 0.1) is 0 Å². The van der Waals surface area contributed by atoms with Crippen LogP contribution in [-0.2, 0) is 11.2 Å². The lowest BCUT2D eigenvalue weighted by Gasteiger charge is -2.36. The van der Waals surface area contributed by atoms with E-state index in [1.165, 1.54) is 16.5 Å². The molecule has 0 radical (unpaired) electrons. The molecule has 1 aliphatic rings. The van der Waals surface area contributed by atoms with Crippen molar-refractivity contribution in [2.24, 2.45) is 0 Å². The third-order valence-corrected chi connectivity index (χ3v) is 4.93. The number of carbonyl (C=O) groups is 1. The van der Waals surface area contributed by atoms with Crippen LogP contribution in [0.15, 0.2) is 41.8 Å². The lowest BCUT2D eigenvalue weighted by molar-refractivity contribution is -0.131. The number of anilines is 1. The zero-order valence-electron chi connectivity index (χ0n) is 11.8. The molecule has 0 spiro atoms. The molecule has 1 aromatic carbocycles. The van der Waals surface area contributed by atoms with E-state index in [1.807, 2.05) is 29.5 Å². The number of para-hydroxylation sites is 1. The first-order chi connectivity index (χ1) is 10.2. The van der Waals surface area contributed by atoms with Crippen molar-refractivity contribution in [2.45, 2.75) is 19.4 Å². The van der Waals surface area contributed by atoms with E-state index in [4.69, 9.17) is 5.11 Å². The van der Waals surface area contributed by atoms with Crippen molar-refractivity contribution in [3.8, 4) is 0 Å². The van der Waals surface area contributed by atoms with Gasteiger partial charge in [-0.3, -0.25) is 0 Å². The van der Waals surface area contributed by atoms with Crippen LogP contribution in [0.5, 0.6) is 0 Å². The number of benzene rings is 1. The van der Waals surface area contributed by atoms with Crippen molar-refractivity contribution in [1.82, 2.24) is 0 Å². The van der Waals surface area contributed by atoms with Gasteiger partial charge in [-0.1, -0.05) is 18.2 Å². The van der Waals surface area contributed by atoms with Gasteiger partial charge in [-0.05, 0) is 48.1 Å². The van der Waals surface area contributed by atoms with Crippen LogP contribution in [0.2, 0.25) is 0 Å². The first kappa shape index (κ1) is 13.9. The Balaban J connectivity index is 1.96. The quantitative estimate of drug-likeness (QED) is 0.872. The fourth-order valence-corrected chi connectivity index (χ4v) is 3.85. The summed E-state index contributed by atoms with van der Waals surface area (Å²) in [5.74, 6) is -0.920. The van der Waals surface area contributed by atoms with Crippen LogP contribution < -0.4 is 4.90 Å². The molecule has 1 unspecified atom stereocenters. The first-order valence-electron chi connectivity index (χ1n) is 7.00. The first-order valence-corrected chi connectivity index (χ1v) is 7.87. The van der Waals surface area contributed by atoms with E-state index in [2.05, 4.69) is 29.3 Å². The monoisotopic (exact) mass is 299 g/mol. The van der Waals surface area contributed by atoms with E-state index in [9.17, 15) is 4.79 Å². The molecule has 1 aliphatic heterocycles. The Kier molecular flexibility index (Phi) is 3.80. The van der Waals surface area contributed by atoms with Gasteiger partial charge in [0.25, 0.3) is 0 Å². The van der Waals surface area contributed by atoms with E-state index >= 15 is 0 Å². The molecule has 2 aromatic rings. The van der Waals surface area contributed by atoms with Gasteiger partial charge < -0.3 is 10.0 Å². The highest BCUT2D eigenvalue weighted by Crippen LogP contribution is 2.37. The van der Waals surface area contributed by atoms with Crippen LogP contribution in [0.4, 0.5) is 5.69 Å². The third kappa shape index (κ3) is 2.72. The van der Waals surface area contributed by atoms with Crippen LogP contribution in [0.1, 0.15) is 29.0 Å². The molecule has 0 saturated heterocycles. The molecule has 1 N–H and O–H groups in total. The molecule has 0 amide bonds. The lowest BCUT2D eigenvalue weighted by Crippen LogP contribution is -2.33. The van der Waals surface area contributed by atoms with Gasteiger partial charge in [-0.15, -0.1) is 11.3 Å². The van der Waals surface area contributed by atoms with Gasteiger partial charge in [0, 0.05) is 23.2 Å². The fraction of sp³-hybridized carbons (Fsp3) is 0.235. The molecule has 0 fully saturated rings. The van der Waals surface area contributed by atoms with Crippen molar-refractivity contribution in [3.05, 3.63) is 57.8 Å². The maximum absolute atomic E-state index is 10.8. The van der Waals surface area contributed by atoms with Crippen molar-refractivity contribution in [1.29, 1.82) is 0 Å². The van der Waals surface area contributed by atoms with Gasteiger partial charge in [0.15, 0.2) is 0 Å². The molecular weight excluding hydrogens is 282 g/mol. The highest BCUT2D eigenvalue weighted by Gasteiger charge is 2.25. The molecule has 0 bridgehead atoms. The summed E-state index contributed by atoms with van der Waals surface area (Å²) in [5, 5.41) is 11.0. The summed E-state index contributed by atoms with van der Waals surface area (Å²) in [6, 6.07) is 10.5. The van der Waals surface area contributed by atoms with Gasteiger partial charge in [0.2, 0.25) is 0 Å². The number of fused-ring (bicyclic) bond motifs is 1. The number of aliphatic carboxylic acids is 1. The normalized spacial score (nSPS) is 18.0. The van der Waals surface area contributed by atoms with Crippen molar-refractivity contribution >= 4 is 29.1 Å². The minimum Gasteiger partial charge on any atom is -0.478 e. The number of carboxylic acid groups (broad SMARTS) is 1. The van der Waals surface area contributed by atoms with Crippen LogP contribution in [0.3, 0.4) is 0 Å². The highest BCUT2D eigenvalue weighted by molar-refractivity contribution is 7.10. The summed E-state index contributed by atoms with van der Waals surface area (Å²) in [6.45, 7) is 3.18. The maximum Gasteiger partial charge on any atom is 0.328 e. The second-order valence-electron chi connectivity index (χ2n) is 5.15. The number of carboxylic acids is 1. The summed E-state index contributed by atoms with van der Waals surface area (Å²) in [5.41, 5.74) is 3.44. The highest BCUT2D eigenvalue weighted by atomic mass is 32.1. The van der Waals surface area contributed by atoms with E-state index in [0.717, 1.165) is 24.2 Å². The number of hydrogen-bond donors (Lipinski definition) is 1. The summed E-state index contributed by atoms with van der Waals surface area (Å²) in [6.07, 6.45) is 3.92. The smallest absolute Gasteiger partial charge is 0.328 e. The molecule has 1 atom stereocenters. The number of thiophene rings is 1. The van der Waals surface area contributed by atoms with Gasteiger partial charge >= 0.3 is 5.97 Å². The third-order valence-electron chi connectivity index (χ3n) is 3.93. The molecule has 0 aliphatic carbocycles. The van der Waals surface area contributed by atoms with Gasteiger partial charge in [-0.25, -0.2) is 4.79 Å². The molecule has 21 heavy (non-hydrogen) atoms. The average Bonchev–Trinajstić information content (AvgIpc) is 2.95. The number of rotatable bonds is 3. The fourth-order valence-electron chi connectivity index (χ4n) is 2.89. The maximum atomic E-state index is 10.8. The predicted octanol–water partition coefficient (Wildman–Crippen LogP) is 3.97. The zero-order valence-corrected chi connectivity index (χ0v) is 12.6. The molecule has 4 heteroatoms. The summed E-state index contributed by atoms with van der Waals surface area (Å²) in [4.78, 5) is 14.6. The Morgan fingerprint density at radius 2 is 2.19 bits per heavy atom. The van der Waals surface area contributed by atoms with Gasteiger partial charge in [0.1, 0.15) is 0 Å². The Hall–Kier alpha value is -2.07. The van der Waals surface area contributed by atoms with Crippen LogP contribution >= 0.6 is 11.3 Å². The van der Waals surface area contributed by atoms with E-state index in [-0.39, 0.29) is 0 Å². The molecular formula is C17H17NO2S. The van der Waals surface area contributed by atoms with Crippen LogP contribution in [0.25, 0.3) is 6.08 Å². The largest absolute Gasteiger partial charge is 0.478 e. The molecule has 3 nitrogen and oxygen atoms in total. The SMILES string of the molecule is CC1c2ccsc2CCN1c1ccccc1C=CC(=O)O. The van der Waals surface area contributed by atoms with Gasteiger partial charge in [0.05, 0.1) is 6.04 Å². The van der Waals surface area contributed by atoms with Crippen molar-refractivity contribution in [2.75, 3.05) is 11.4 Å². The zero-order chi connectivity index (χ0) is 14.8. The standard InChI is InChI=1S/C17H17NO2S/c1-12-14-9-11-21-16(14)8-10-18(12)15-5-3-2-4-13(15)6-7-17(19)20/h2-7,9,11-12H,8,10H2,1H3,(H,19,20). The topological polar surface area (TPSA) is 40.5 Å². The number of hydrogen-bond acceptors (Lipinski definition) is 3. The Labute approximate surface area is 128 Å². The van der Waals surface area contributed by atoms with E-state index < -0.39 is 5.97 Å². The summed E-state index contributed by atoms with van der Waals surface area (Å²) < 4.78 is 0.